The summed E-state index contributed by atoms with van der Waals surface area (Å²) in [5.74, 6) is -0.474. The molecule has 1 amide bonds. The summed E-state index contributed by atoms with van der Waals surface area (Å²) < 4.78 is 10.8. The molecule has 2 rings (SSSR count). The standard InChI is InChI=1S/C22H27NO4/c1-4-16(3)21(17-11-7-6-8-12-17)22(25)27-15-20(24)23-18-13-9-10-14-19(18)26-5-2/h6-14,16,21H,4-5,15H2,1-3H3,(H,23,24)/t16-,21+/m1/s1. The third-order valence-corrected chi connectivity index (χ3v) is 4.43. The van der Waals surface area contributed by atoms with Crippen LogP contribution in [0.3, 0.4) is 0 Å². The molecular weight excluding hydrogens is 342 g/mol. The molecule has 0 radical (unpaired) electrons. The van der Waals surface area contributed by atoms with Gasteiger partial charge in [0.05, 0.1) is 18.2 Å². The number of benzene rings is 2. The Morgan fingerprint density at radius 2 is 1.67 bits per heavy atom. The van der Waals surface area contributed by atoms with Gasteiger partial charge in [0.15, 0.2) is 6.61 Å². The van der Waals surface area contributed by atoms with Gasteiger partial charge < -0.3 is 14.8 Å². The molecule has 2 atom stereocenters. The lowest BCUT2D eigenvalue weighted by Gasteiger charge is -2.21. The number of hydrogen-bond acceptors (Lipinski definition) is 4. The van der Waals surface area contributed by atoms with Crippen molar-refractivity contribution in [1.82, 2.24) is 0 Å². The van der Waals surface area contributed by atoms with Crippen LogP contribution in [0.2, 0.25) is 0 Å². The summed E-state index contributed by atoms with van der Waals surface area (Å²) in [5.41, 5.74) is 1.46. The zero-order valence-corrected chi connectivity index (χ0v) is 16.1. The predicted molar refractivity (Wildman–Crippen MR) is 106 cm³/mol. The summed E-state index contributed by atoms with van der Waals surface area (Å²) in [7, 11) is 0. The van der Waals surface area contributed by atoms with Gasteiger partial charge in [0, 0.05) is 0 Å². The smallest absolute Gasteiger partial charge is 0.314 e. The number of esters is 1. The number of carbonyl (C=O) groups excluding carboxylic acids is 2. The van der Waals surface area contributed by atoms with Crippen LogP contribution in [0.4, 0.5) is 5.69 Å². The Bertz CT molecular complexity index is 745. The number of nitrogens with one attached hydrogen (secondary N) is 1. The van der Waals surface area contributed by atoms with E-state index in [2.05, 4.69) is 5.32 Å². The molecule has 0 spiro atoms. The van der Waals surface area contributed by atoms with E-state index in [1.165, 1.54) is 0 Å². The van der Waals surface area contributed by atoms with E-state index in [4.69, 9.17) is 9.47 Å². The molecule has 0 unspecified atom stereocenters. The third-order valence-electron chi connectivity index (χ3n) is 4.43. The fraction of sp³-hybridized carbons (Fsp3) is 0.364. The first-order valence-corrected chi connectivity index (χ1v) is 9.30. The number of para-hydroxylation sites is 2. The van der Waals surface area contributed by atoms with Crippen molar-refractivity contribution in [3.63, 3.8) is 0 Å². The van der Waals surface area contributed by atoms with Gasteiger partial charge in [0.2, 0.25) is 0 Å². The molecule has 0 aliphatic rings. The second-order valence-corrected chi connectivity index (χ2v) is 6.36. The first-order chi connectivity index (χ1) is 13.1. The lowest BCUT2D eigenvalue weighted by Crippen LogP contribution is -2.27. The fourth-order valence-electron chi connectivity index (χ4n) is 2.86. The van der Waals surface area contributed by atoms with Crippen molar-refractivity contribution in [2.75, 3.05) is 18.5 Å². The molecule has 2 aromatic carbocycles. The Kier molecular flexibility index (Phi) is 7.86. The van der Waals surface area contributed by atoms with Gasteiger partial charge in [0.25, 0.3) is 5.91 Å². The van der Waals surface area contributed by atoms with Crippen LogP contribution in [0.15, 0.2) is 54.6 Å². The Morgan fingerprint density at radius 3 is 2.33 bits per heavy atom. The van der Waals surface area contributed by atoms with Crippen LogP contribution < -0.4 is 10.1 Å². The summed E-state index contributed by atoms with van der Waals surface area (Å²) in [4.78, 5) is 24.9. The predicted octanol–water partition coefficient (Wildman–Crippen LogP) is 4.40. The Morgan fingerprint density at radius 1 is 1.00 bits per heavy atom. The van der Waals surface area contributed by atoms with Crippen LogP contribution in [-0.2, 0) is 14.3 Å². The molecule has 0 heterocycles. The molecule has 0 saturated heterocycles. The molecule has 0 bridgehead atoms. The molecule has 0 fully saturated rings. The van der Waals surface area contributed by atoms with Gasteiger partial charge in [-0.2, -0.15) is 0 Å². The first-order valence-electron chi connectivity index (χ1n) is 9.30. The molecule has 27 heavy (non-hydrogen) atoms. The minimum atomic E-state index is -0.397. The van der Waals surface area contributed by atoms with Gasteiger partial charge in [-0.25, -0.2) is 0 Å². The normalized spacial score (nSPS) is 12.7. The van der Waals surface area contributed by atoms with E-state index >= 15 is 0 Å². The zero-order valence-electron chi connectivity index (χ0n) is 16.1. The maximum Gasteiger partial charge on any atom is 0.314 e. The fourth-order valence-corrected chi connectivity index (χ4v) is 2.86. The van der Waals surface area contributed by atoms with Gasteiger partial charge in [-0.15, -0.1) is 0 Å². The Balaban J connectivity index is 1.99. The molecular formula is C22H27NO4. The van der Waals surface area contributed by atoms with E-state index in [0.29, 0.717) is 18.0 Å². The van der Waals surface area contributed by atoms with Crippen molar-refractivity contribution in [2.24, 2.45) is 5.92 Å². The van der Waals surface area contributed by atoms with Crippen LogP contribution in [0, 0.1) is 5.92 Å². The molecule has 0 saturated carbocycles. The van der Waals surface area contributed by atoms with Gasteiger partial charge in [-0.1, -0.05) is 62.7 Å². The maximum absolute atomic E-state index is 12.6. The van der Waals surface area contributed by atoms with E-state index in [1.54, 1.807) is 18.2 Å². The second kappa shape index (κ2) is 10.4. The molecule has 5 heteroatoms. The van der Waals surface area contributed by atoms with E-state index in [-0.39, 0.29) is 24.4 Å². The number of hydrogen-bond donors (Lipinski definition) is 1. The average Bonchev–Trinajstić information content (AvgIpc) is 2.69. The van der Waals surface area contributed by atoms with Crippen LogP contribution >= 0.6 is 0 Å². The van der Waals surface area contributed by atoms with Crippen molar-refractivity contribution in [3.05, 3.63) is 60.2 Å². The van der Waals surface area contributed by atoms with Crippen LogP contribution in [0.1, 0.15) is 38.7 Å². The van der Waals surface area contributed by atoms with Crippen LogP contribution in [0.25, 0.3) is 0 Å². The van der Waals surface area contributed by atoms with Crippen molar-refractivity contribution < 1.29 is 19.1 Å². The van der Waals surface area contributed by atoms with E-state index in [1.807, 2.05) is 57.2 Å². The highest BCUT2D eigenvalue weighted by Gasteiger charge is 2.27. The molecule has 1 N–H and O–H groups in total. The summed E-state index contributed by atoms with van der Waals surface area (Å²) in [5, 5.41) is 2.73. The van der Waals surface area contributed by atoms with Gasteiger partial charge in [0.1, 0.15) is 5.75 Å². The highest BCUT2D eigenvalue weighted by Crippen LogP contribution is 2.28. The lowest BCUT2D eigenvalue weighted by atomic mass is 9.86. The molecule has 144 valence electrons. The van der Waals surface area contributed by atoms with E-state index < -0.39 is 5.91 Å². The highest BCUT2D eigenvalue weighted by atomic mass is 16.5. The summed E-state index contributed by atoms with van der Waals surface area (Å²) in [6.07, 6.45) is 0.836. The molecule has 5 nitrogen and oxygen atoms in total. The van der Waals surface area contributed by atoms with Gasteiger partial charge in [-0.05, 0) is 30.5 Å². The number of ether oxygens (including phenoxy) is 2. The van der Waals surface area contributed by atoms with Crippen LogP contribution in [-0.4, -0.2) is 25.1 Å². The van der Waals surface area contributed by atoms with E-state index in [9.17, 15) is 9.59 Å². The van der Waals surface area contributed by atoms with E-state index in [0.717, 1.165) is 12.0 Å². The molecule has 0 aliphatic heterocycles. The molecule has 2 aromatic rings. The number of rotatable bonds is 9. The second-order valence-electron chi connectivity index (χ2n) is 6.36. The molecule has 0 aliphatic carbocycles. The van der Waals surface area contributed by atoms with Crippen molar-refractivity contribution in [1.29, 1.82) is 0 Å². The quantitative estimate of drug-likeness (QED) is 0.666. The maximum atomic E-state index is 12.6. The van der Waals surface area contributed by atoms with Crippen molar-refractivity contribution >= 4 is 17.6 Å². The summed E-state index contributed by atoms with van der Waals surface area (Å²) >= 11 is 0. The minimum absolute atomic E-state index is 0.113. The lowest BCUT2D eigenvalue weighted by molar-refractivity contribution is -0.150. The molecule has 0 aromatic heterocycles. The van der Waals surface area contributed by atoms with Crippen molar-refractivity contribution in [3.8, 4) is 5.75 Å². The zero-order chi connectivity index (χ0) is 19.6. The van der Waals surface area contributed by atoms with Gasteiger partial charge in [-0.3, -0.25) is 9.59 Å². The number of carbonyl (C=O) groups is 2. The van der Waals surface area contributed by atoms with Crippen molar-refractivity contribution in [2.45, 2.75) is 33.1 Å². The summed E-state index contributed by atoms with van der Waals surface area (Å²) in [6, 6.07) is 16.7. The largest absolute Gasteiger partial charge is 0.492 e. The minimum Gasteiger partial charge on any atom is -0.492 e. The Labute approximate surface area is 160 Å². The first kappa shape index (κ1) is 20.5. The SMILES string of the molecule is CCOc1ccccc1NC(=O)COC(=O)[C@H](c1ccccc1)[C@H](C)CC. The van der Waals surface area contributed by atoms with Crippen LogP contribution in [0.5, 0.6) is 5.75 Å². The third kappa shape index (κ3) is 5.84. The monoisotopic (exact) mass is 369 g/mol. The number of amides is 1. The average molecular weight is 369 g/mol. The highest BCUT2D eigenvalue weighted by molar-refractivity contribution is 5.94. The Hall–Kier alpha value is -2.82. The topological polar surface area (TPSA) is 64.6 Å². The summed E-state index contributed by atoms with van der Waals surface area (Å²) in [6.45, 7) is 6.08. The number of anilines is 1. The van der Waals surface area contributed by atoms with Gasteiger partial charge >= 0.3 is 5.97 Å².